The monoisotopic (exact) mass is 407 g/mol. The van der Waals surface area contributed by atoms with Gasteiger partial charge in [-0.15, -0.1) is 6.58 Å². The summed E-state index contributed by atoms with van der Waals surface area (Å²) in [5.41, 5.74) is 3.92. The summed E-state index contributed by atoms with van der Waals surface area (Å²) in [6.07, 6.45) is 4.85. The lowest BCUT2D eigenvalue weighted by atomic mass is 9.98. The molecule has 0 saturated carbocycles. The molecule has 6 heteroatoms. The first kappa shape index (κ1) is 21.0. The van der Waals surface area contributed by atoms with Crippen LogP contribution in [0.25, 0.3) is 27.7 Å². The van der Waals surface area contributed by atoms with Gasteiger partial charge in [-0.05, 0) is 36.8 Å². The minimum Gasteiger partial charge on any atom is -0.497 e. The van der Waals surface area contributed by atoms with E-state index in [-0.39, 0.29) is 5.91 Å². The van der Waals surface area contributed by atoms with Gasteiger partial charge in [0, 0.05) is 40.8 Å². The number of ether oxygens (including phenoxy) is 3. The van der Waals surface area contributed by atoms with Crippen molar-refractivity contribution < 1.29 is 23.4 Å². The Bertz CT molecular complexity index is 1110. The number of fused-ring (bicyclic) bond motifs is 1. The number of hydrogen-bond acceptors (Lipinski definition) is 5. The zero-order chi connectivity index (χ0) is 21.7. The summed E-state index contributed by atoms with van der Waals surface area (Å²) in [6, 6.07) is 9.37. The summed E-state index contributed by atoms with van der Waals surface area (Å²) in [5, 5.41) is 3.62. The molecule has 2 aromatic carbocycles. The van der Waals surface area contributed by atoms with Crippen molar-refractivity contribution in [3.8, 4) is 28.4 Å². The molecular formula is C24H25NO5. The molecule has 3 aromatic rings. The van der Waals surface area contributed by atoms with Crippen LogP contribution in [0.3, 0.4) is 0 Å². The average Bonchev–Trinajstić information content (AvgIpc) is 3.18. The Morgan fingerprint density at radius 2 is 1.83 bits per heavy atom. The molecular weight excluding hydrogens is 382 g/mol. The SMILES string of the molecule is C=CCNC(=O)/C=C(\C)c1cc2c(-c3cc(OC)ccc3OC)coc2cc1OC. The van der Waals surface area contributed by atoms with Gasteiger partial charge in [-0.25, -0.2) is 0 Å². The largest absolute Gasteiger partial charge is 0.497 e. The van der Waals surface area contributed by atoms with Gasteiger partial charge in [0.25, 0.3) is 0 Å². The van der Waals surface area contributed by atoms with E-state index in [1.165, 1.54) is 0 Å². The fourth-order valence-electron chi connectivity index (χ4n) is 3.26. The van der Waals surface area contributed by atoms with Gasteiger partial charge < -0.3 is 23.9 Å². The van der Waals surface area contributed by atoms with E-state index < -0.39 is 0 Å². The molecule has 0 unspecified atom stereocenters. The Hall–Kier alpha value is -3.67. The summed E-state index contributed by atoms with van der Waals surface area (Å²) in [4.78, 5) is 12.1. The predicted molar refractivity (Wildman–Crippen MR) is 118 cm³/mol. The van der Waals surface area contributed by atoms with Gasteiger partial charge in [0.15, 0.2) is 0 Å². The van der Waals surface area contributed by atoms with E-state index >= 15 is 0 Å². The molecule has 30 heavy (non-hydrogen) atoms. The third-order valence-electron chi connectivity index (χ3n) is 4.79. The van der Waals surface area contributed by atoms with E-state index in [4.69, 9.17) is 18.6 Å². The average molecular weight is 407 g/mol. The van der Waals surface area contributed by atoms with Gasteiger partial charge in [-0.2, -0.15) is 0 Å². The van der Waals surface area contributed by atoms with Crippen molar-refractivity contribution in [2.45, 2.75) is 6.92 Å². The summed E-state index contributed by atoms with van der Waals surface area (Å²) in [7, 11) is 4.83. The van der Waals surface area contributed by atoms with Crippen molar-refractivity contribution in [1.82, 2.24) is 5.32 Å². The molecule has 0 aliphatic carbocycles. The molecule has 0 aliphatic heterocycles. The number of allylic oxidation sites excluding steroid dienone is 1. The van der Waals surface area contributed by atoms with Crippen LogP contribution in [0.5, 0.6) is 17.2 Å². The van der Waals surface area contributed by atoms with Gasteiger partial charge in [-0.3, -0.25) is 4.79 Å². The Kier molecular flexibility index (Phi) is 6.47. The maximum Gasteiger partial charge on any atom is 0.244 e. The summed E-state index contributed by atoms with van der Waals surface area (Å²) >= 11 is 0. The zero-order valence-corrected chi connectivity index (χ0v) is 17.6. The number of carbonyl (C=O) groups excluding carboxylic acids is 1. The summed E-state index contributed by atoms with van der Waals surface area (Å²) in [5.74, 6) is 1.83. The number of hydrogen-bond donors (Lipinski definition) is 1. The second-order valence-electron chi connectivity index (χ2n) is 6.63. The smallest absolute Gasteiger partial charge is 0.244 e. The maximum absolute atomic E-state index is 12.1. The van der Waals surface area contributed by atoms with Crippen LogP contribution in [0, 0.1) is 0 Å². The Morgan fingerprint density at radius 3 is 2.50 bits per heavy atom. The van der Waals surface area contributed by atoms with Crippen LogP contribution in [-0.2, 0) is 4.79 Å². The van der Waals surface area contributed by atoms with Crippen LogP contribution in [-0.4, -0.2) is 33.8 Å². The van der Waals surface area contributed by atoms with E-state index in [2.05, 4.69) is 11.9 Å². The lowest BCUT2D eigenvalue weighted by Gasteiger charge is -2.12. The first-order chi connectivity index (χ1) is 14.5. The molecule has 0 aliphatic rings. The van der Waals surface area contributed by atoms with Gasteiger partial charge in [-0.1, -0.05) is 6.08 Å². The lowest BCUT2D eigenvalue weighted by molar-refractivity contribution is -0.116. The van der Waals surface area contributed by atoms with Gasteiger partial charge in [0.1, 0.15) is 22.8 Å². The number of nitrogens with one attached hydrogen (secondary N) is 1. The second kappa shape index (κ2) is 9.22. The molecule has 1 amide bonds. The van der Waals surface area contributed by atoms with Crippen molar-refractivity contribution in [2.24, 2.45) is 0 Å². The van der Waals surface area contributed by atoms with Crippen LogP contribution < -0.4 is 19.5 Å². The van der Waals surface area contributed by atoms with Crippen LogP contribution in [0.4, 0.5) is 0 Å². The maximum atomic E-state index is 12.1. The highest BCUT2D eigenvalue weighted by molar-refractivity contribution is 6.01. The Labute approximate surface area is 175 Å². The summed E-state index contributed by atoms with van der Waals surface area (Å²) in [6.45, 7) is 5.87. The van der Waals surface area contributed by atoms with Crippen molar-refractivity contribution in [2.75, 3.05) is 27.9 Å². The van der Waals surface area contributed by atoms with E-state index in [0.29, 0.717) is 29.4 Å². The molecule has 1 heterocycles. The highest BCUT2D eigenvalue weighted by atomic mass is 16.5. The number of furan rings is 1. The normalized spacial score (nSPS) is 11.3. The molecule has 0 bridgehead atoms. The quantitative estimate of drug-likeness (QED) is 0.428. The molecule has 3 rings (SSSR count). The van der Waals surface area contributed by atoms with Crippen LogP contribution >= 0.6 is 0 Å². The van der Waals surface area contributed by atoms with Gasteiger partial charge in [0.2, 0.25) is 5.91 Å². The van der Waals surface area contributed by atoms with Crippen LogP contribution in [0.1, 0.15) is 12.5 Å². The molecule has 156 valence electrons. The number of carbonyl (C=O) groups is 1. The molecule has 0 radical (unpaired) electrons. The standard InChI is InChI=1S/C24H25NO5/c1-6-9-25-24(26)10-15(2)17-12-19-20(14-30-23(19)13-22(17)29-5)18-11-16(27-3)7-8-21(18)28-4/h6-8,10-14H,1,9H2,2-5H3,(H,25,26)/b15-10+. The van der Waals surface area contributed by atoms with E-state index in [9.17, 15) is 4.79 Å². The van der Waals surface area contributed by atoms with Crippen molar-refractivity contribution in [3.05, 3.63) is 60.9 Å². The fraction of sp³-hybridized carbons (Fsp3) is 0.208. The first-order valence-electron chi connectivity index (χ1n) is 9.41. The van der Waals surface area contributed by atoms with E-state index in [1.807, 2.05) is 37.3 Å². The highest BCUT2D eigenvalue weighted by Gasteiger charge is 2.17. The highest BCUT2D eigenvalue weighted by Crippen LogP contribution is 2.41. The van der Waals surface area contributed by atoms with Crippen LogP contribution in [0.2, 0.25) is 0 Å². The topological polar surface area (TPSA) is 69.9 Å². The van der Waals surface area contributed by atoms with Crippen molar-refractivity contribution >= 4 is 22.4 Å². The number of amides is 1. The molecule has 0 spiro atoms. The van der Waals surface area contributed by atoms with Crippen molar-refractivity contribution in [1.29, 1.82) is 0 Å². The zero-order valence-electron chi connectivity index (χ0n) is 17.6. The minimum atomic E-state index is -0.198. The molecule has 0 saturated heterocycles. The molecule has 0 fully saturated rings. The minimum absolute atomic E-state index is 0.198. The first-order valence-corrected chi connectivity index (χ1v) is 9.41. The van der Waals surface area contributed by atoms with E-state index in [1.54, 1.807) is 39.7 Å². The fourth-order valence-corrected chi connectivity index (χ4v) is 3.26. The lowest BCUT2D eigenvalue weighted by Crippen LogP contribution is -2.20. The van der Waals surface area contributed by atoms with Crippen molar-refractivity contribution in [3.63, 3.8) is 0 Å². The van der Waals surface area contributed by atoms with E-state index in [0.717, 1.165) is 27.6 Å². The molecule has 1 aromatic heterocycles. The molecule has 1 N–H and O–H groups in total. The number of methoxy groups -OCH3 is 3. The predicted octanol–water partition coefficient (Wildman–Crippen LogP) is 4.83. The van der Waals surface area contributed by atoms with Gasteiger partial charge >= 0.3 is 0 Å². The Morgan fingerprint density at radius 1 is 1.07 bits per heavy atom. The second-order valence-corrected chi connectivity index (χ2v) is 6.63. The number of rotatable bonds is 8. The number of benzene rings is 2. The third-order valence-corrected chi connectivity index (χ3v) is 4.79. The molecule has 6 nitrogen and oxygen atoms in total. The third kappa shape index (κ3) is 4.17. The van der Waals surface area contributed by atoms with Crippen LogP contribution in [0.15, 0.2) is 59.7 Å². The van der Waals surface area contributed by atoms with Gasteiger partial charge in [0.05, 0.1) is 27.6 Å². The summed E-state index contributed by atoms with van der Waals surface area (Å²) < 4.78 is 22.3. The Balaban J connectivity index is 2.15. The molecule has 0 atom stereocenters.